The largest absolute Gasteiger partial charge is 0.462 e. The highest BCUT2D eigenvalue weighted by Gasteiger charge is 2.34. The molecular formula is C14H20N4O3S. The Morgan fingerprint density at radius 2 is 2.32 bits per heavy atom. The van der Waals surface area contributed by atoms with Gasteiger partial charge >= 0.3 is 5.97 Å². The average Bonchev–Trinajstić information content (AvgIpc) is 2.80. The number of likely N-dealkylation sites (tertiary alicyclic amines) is 1. The van der Waals surface area contributed by atoms with Crippen molar-refractivity contribution in [3.8, 4) is 0 Å². The predicted octanol–water partition coefficient (Wildman–Crippen LogP) is 1.34. The van der Waals surface area contributed by atoms with E-state index >= 15 is 0 Å². The second-order valence-electron chi connectivity index (χ2n) is 5.19. The molecular weight excluding hydrogens is 304 g/mol. The number of carbonyl (C=O) groups excluding carboxylic acids is 2. The molecule has 1 aliphatic rings. The van der Waals surface area contributed by atoms with Gasteiger partial charge in [-0.2, -0.15) is 0 Å². The van der Waals surface area contributed by atoms with Crippen LogP contribution in [0.4, 0.5) is 5.82 Å². The van der Waals surface area contributed by atoms with Gasteiger partial charge in [0.2, 0.25) is 5.91 Å². The van der Waals surface area contributed by atoms with E-state index in [2.05, 4.69) is 9.97 Å². The van der Waals surface area contributed by atoms with Gasteiger partial charge in [0.1, 0.15) is 11.4 Å². The topological polar surface area (TPSA) is 98.4 Å². The van der Waals surface area contributed by atoms with Crippen molar-refractivity contribution in [2.75, 3.05) is 18.9 Å². The highest BCUT2D eigenvalue weighted by atomic mass is 32.2. The zero-order valence-corrected chi connectivity index (χ0v) is 13.7. The van der Waals surface area contributed by atoms with Crippen LogP contribution in [0.15, 0.2) is 11.4 Å². The number of amides is 1. The number of ether oxygens (including phenoxy) is 1. The van der Waals surface area contributed by atoms with Crippen molar-refractivity contribution in [2.45, 2.75) is 43.6 Å². The number of nitrogens with zero attached hydrogens (tertiary/aromatic N) is 3. The maximum absolute atomic E-state index is 12.2. The van der Waals surface area contributed by atoms with Crippen LogP contribution in [-0.2, 0) is 9.53 Å². The van der Waals surface area contributed by atoms with Gasteiger partial charge in [0.05, 0.1) is 11.9 Å². The number of nitrogens with two attached hydrogens (primary N) is 1. The predicted molar refractivity (Wildman–Crippen MR) is 83.5 cm³/mol. The van der Waals surface area contributed by atoms with E-state index in [4.69, 9.17) is 10.5 Å². The number of nitrogen functional groups attached to an aromatic ring is 1. The van der Waals surface area contributed by atoms with Crippen LogP contribution < -0.4 is 5.73 Å². The smallest absolute Gasteiger partial charge is 0.343 e. The van der Waals surface area contributed by atoms with Crippen molar-refractivity contribution in [1.29, 1.82) is 0 Å². The van der Waals surface area contributed by atoms with Crippen LogP contribution >= 0.6 is 11.8 Å². The minimum absolute atomic E-state index is 0.0714. The van der Waals surface area contributed by atoms with Crippen molar-refractivity contribution in [2.24, 2.45) is 0 Å². The van der Waals surface area contributed by atoms with E-state index in [0.29, 0.717) is 5.16 Å². The summed E-state index contributed by atoms with van der Waals surface area (Å²) in [4.78, 5) is 33.9. The Labute approximate surface area is 133 Å². The molecule has 1 atom stereocenters. The second-order valence-corrected chi connectivity index (χ2v) is 6.36. The Hall–Kier alpha value is -1.83. The monoisotopic (exact) mass is 324 g/mol. The summed E-state index contributed by atoms with van der Waals surface area (Å²) in [6.45, 7) is 6.70. The van der Waals surface area contributed by atoms with Gasteiger partial charge in [-0.25, -0.2) is 14.8 Å². The molecule has 1 fully saturated rings. The number of aromatic nitrogens is 2. The van der Waals surface area contributed by atoms with Crippen molar-refractivity contribution in [1.82, 2.24) is 14.9 Å². The molecule has 0 bridgehead atoms. The summed E-state index contributed by atoms with van der Waals surface area (Å²) < 4.78 is 4.87. The fourth-order valence-electron chi connectivity index (χ4n) is 2.23. The summed E-state index contributed by atoms with van der Waals surface area (Å²) in [7, 11) is 0. The first-order valence-electron chi connectivity index (χ1n) is 7.20. The number of thioether (sulfide) groups is 1. The van der Waals surface area contributed by atoms with Crippen molar-refractivity contribution in [3.05, 3.63) is 11.8 Å². The number of rotatable bonds is 5. The van der Waals surface area contributed by atoms with Crippen molar-refractivity contribution in [3.63, 3.8) is 0 Å². The molecule has 120 valence electrons. The SMILES string of the molecule is CCOC(=O)c1cnc(S[C@H]2CCN(C(C)C)C2=O)nc1N. The third-order valence-corrected chi connectivity index (χ3v) is 4.48. The summed E-state index contributed by atoms with van der Waals surface area (Å²) in [5.41, 5.74) is 5.92. The zero-order valence-electron chi connectivity index (χ0n) is 12.9. The fourth-order valence-corrected chi connectivity index (χ4v) is 3.20. The lowest BCUT2D eigenvalue weighted by atomic mass is 10.3. The second kappa shape index (κ2) is 6.95. The highest BCUT2D eigenvalue weighted by molar-refractivity contribution is 8.00. The van der Waals surface area contributed by atoms with Gasteiger partial charge < -0.3 is 15.4 Å². The van der Waals surface area contributed by atoms with Gasteiger partial charge in [-0.05, 0) is 27.2 Å². The maximum atomic E-state index is 12.2. The maximum Gasteiger partial charge on any atom is 0.343 e. The number of carbonyl (C=O) groups is 2. The summed E-state index contributed by atoms with van der Waals surface area (Å²) in [5.74, 6) is -0.377. The van der Waals surface area contributed by atoms with Crippen LogP contribution in [0, 0.1) is 0 Å². The Morgan fingerprint density at radius 3 is 2.86 bits per heavy atom. The molecule has 22 heavy (non-hydrogen) atoms. The molecule has 0 aliphatic carbocycles. The first-order valence-corrected chi connectivity index (χ1v) is 8.08. The van der Waals surface area contributed by atoms with E-state index in [-0.39, 0.29) is 35.2 Å². The molecule has 1 aliphatic heterocycles. The molecule has 2 heterocycles. The quantitative estimate of drug-likeness (QED) is 0.644. The van der Waals surface area contributed by atoms with Crippen LogP contribution in [-0.4, -0.2) is 51.2 Å². The third-order valence-electron chi connectivity index (χ3n) is 3.35. The minimum atomic E-state index is -0.542. The number of hydrogen-bond donors (Lipinski definition) is 1. The zero-order chi connectivity index (χ0) is 16.3. The van der Waals surface area contributed by atoms with Gasteiger partial charge in [-0.15, -0.1) is 0 Å². The number of anilines is 1. The Balaban J connectivity index is 2.07. The van der Waals surface area contributed by atoms with Gasteiger partial charge in [0.15, 0.2) is 5.16 Å². The molecule has 1 aromatic rings. The van der Waals surface area contributed by atoms with E-state index in [1.165, 1.54) is 18.0 Å². The van der Waals surface area contributed by atoms with Crippen LogP contribution in [0.25, 0.3) is 0 Å². The lowest BCUT2D eigenvalue weighted by Crippen LogP contribution is -2.34. The van der Waals surface area contributed by atoms with E-state index in [1.54, 1.807) is 6.92 Å². The van der Waals surface area contributed by atoms with E-state index in [1.807, 2.05) is 18.7 Å². The third kappa shape index (κ3) is 3.49. The molecule has 8 heteroatoms. The Bertz CT molecular complexity index is 579. The highest BCUT2D eigenvalue weighted by Crippen LogP contribution is 2.30. The molecule has 7 nitrogen and oxygen atoms in total. The lowest BCUT2D eigenvalue weighted by molar-refractivity contribution is -0.128. The summed E-state index contributed by atoms with van der Waals surface area (Å²) in [5, 5.41) is 0.199. The summed E-state index contributed by atoms with van der Waals surface area (Å²) >= 11 is 1.28. The first-order chi connectivity index (χ1) is 10.4. The Kier molecular flexibility index (Phi) is 5.23. The minimum Gasteiger partial charge on any atom is -0.462 e. The van der Waals surface area contributed by atoms with Crippen LogP contribution in [0.2, 0.25) is 0 Å². The number of esters is 1. The Morgan fingerprint density at radius 1 is 1.59 bits per heavy atom. The van der Waals surface area contributed by atoms with Crippen molar-refractivity contribution < 1.29 is 14.3 Å². The molecule has 0 radical (unpaired) electrons. The molecule has 2 N–H and O–H groups in total. The molecule has 0 spiro atoms. The van der Waals surface area contributed by atoms with E-state index in [9.17, 15) is 9.59 Å². The van der Waals surface area contributed by atoms with Gasteiger partial charge in [-0.3, -0.25) is 4.79 Å². The van der Waals surface area contributed by atoms with Crippen LogP contribution in [0.5, 0.6) is 0 Å². The normalized spacial score (nSPS) is 18.1. The molecule has 2 rings (SSSR count). The molecule has 1 aromatic heterocycles. The van der Waals surface area contributed by atoms with Crippen LogP contribution in [0.1, 0.15) is 37.6 Å². The lowest BCUT2D eigenvalue weighted by Gasteiger charge is -2.20. The molecule has 1 amide bonds. The van der Waals surface area contributed by atoms with Gasteiger partial charge in [0.25, 0.3) is 0 Å². The van der Waals surface area contributed by atoms with Gasteiger partial charge in [0, 0.05) is 18.8 Å². The molecule has 0 saturated carbocycles. The summed E-state index contributed by atoms with van der Waals surface area (Å²) in [6.07, 6.45) is 2.10. The van der Waals surface area contributed by atoms with Gasteiger partial charge in [-0.1, -0.05) is 11.8 Å². The van der Waals surface area contributed by atoms with E-state index in [0.717, 1.165) is 13.0 Å². The number of hydrogen-bond acceptors (Lipinski definition) is 7. The van der Waals surface area contributed by atoms with Crippen molar-refractivity contribution >= 4 is 29.5 Å². The summed E-state index contributed by atoms with van der Waals surface area (Å²) in [6, 6.07) is 0.190. The molecule has 0 aromatic carbocycles. The van der Waals surface area contributed by atoms with E-state index < -0.39 is 5.97 Å². The standard InChI is InChI=1S/C14H20N4O3S/c1-4-21-13(20)9-7-16-14(17-11(9)15)22-10-5-6-18(8(2)3)12(10)19/h7-8,10H,4-6H2,1-3H3,(H2,15,16,17)/t10-/m0/s1. The molecule has 0 unspecified atom stereocenters. The average molecular weight is 324 g/mol. The fraction of sp³-hybridized carbons (Fsp3) is 0.571. The van der Waals surface area contributed by atoms with Crippen LogP contribution in [0.3, 0.4) is 0 Å². The molecule has 1 saturated heterocycles. The first kappa shape index (κ1) is 16.5.